The zero-order chi connectivity index (χ0) is 22.1. The van der Waals surface area contributed by atoms with Crippen molar-refractivity contribution in [2.24, 2.45) is 11.7 Å². The monoisotopic (exact) mass is 417 g/mol. The predicted octanol–water partition coefficient (Wildman–Crippen LogP) is 1.98. The Morgan fingerprint density at radius 3 is 2.77 bits per heavy atom. The fourth-order valence-electron chi connectivity index (χ4n) is 3.91. The molecule has 2 amide bonds. The lowest BCUT2D eigenvalue weighted by Crippen LogP contribution is -2.32. The Morgan fingerprint density at radius 2 is 2.10 bits per heavy atom. The van der Waals surface area contributed by atoms with Gasteiger partial charge in [-0.25, -0.2) is 4.52 Å². The molecule has 0 aromatic carbocycles. The van der Waals surface area contributed by atoms with Gasteiger partial charge < -0.3 is 16.0 Å². The van der Waals surface area contributed by atoms with Gasteiger partial charge >= 0.3 is 0 Å². The van der Waals surface area contributed by atoms with Gasteiger partial charge in [0.05, 0.1) is 29.0 Å². The van der Waals surface area contributed by atoms with E-state index in [0.717, 1.165) is 16.8 Å². The van der Waals surface area contributed by atoms with Crippen LogP contribution in [0.15, 0.2) is 36.8 Å². The number of anilines is 1. The number of hydrogen-bond donors (Lipinski definition) is 2. The van der Waals surface area contributed by atoms with Crippen LogP contribution in [0.2, 0.25) is 0 Å². The van der Waals surface area contributed by atoms with E-state index < -0.39 is 5.91 Å². The highest BCUT2D eigenvalue weighted by Crippen LogP contribution is 2.30. The molecule has 158 valence electrons. The van der Waals surface area contributed by atoms with Crippen molar-refractivity contribution in [2.75, 3.05) is 18.4 Å². The van der Waals surface area contributed by atoms with E-state index in [2.05, 4.69) is 15.4 Å². The quantitative estimate of drug-likeness (QED) is 0.653. The molecule has 0 saturated carbocycles. The van der Waals surface area contributed by atoms with Crippen LogP contribution in [0.3, 0.4) is 0 Å². The second-order valence-electron chi connectivity index (χ2n) is 7.91. The van der Waals surface area contributed by atoms with Gasteiger partial charge in [-0.3, -0.25) is 14.6 Å². The van der Waals surface area contributed by atoms with Crippen LogP contribution in [-0.2, 0) is 4.79 Å². The average Bonchev–Trinajstić information content (AvgIpc) is 3.33. The SMILES string of the molecule is Cc1ccc(-c2cc3c(N[C@@H]4CN(C(=O)CC#N)C[C@@H]4C)c(C(N)=O)cnn3c2)cn1. The molecule has 9 heteroatoms. The number of carbonyl (C=O) groups excluding carboxylic acids is 2. The summed E-state index contributed by atoms with van der Waals surface area (Å²) in [5, 5.41) is 16.6. The van der Waals surface area contributed by atoms with Crippen molar-refractivity contribution in [3.8, 4) is 17.2 Å². The molecular formula is C22H23N7O2. The molecule has 1 fully saturated rings. The molecule has 1 aliphatic rings. The molecule has 0 spiro atoms. The molecule has 3 aromatic heterocycles. The van der Waals surface area contributed by atoms with Gasteiger partial charge in [-0.15, -0.1) is 0 Å². The van der Waals surface area contributed by atoms with Crippen LogP contribution in [0.1, 0.15) is 29.4 Å². The minimum Gasteiger partial charge on any atom is -0.378 e. The zero-order valence-corrected chi connectivity index (χ0v) is 17.4. The van der Waals surface area contributed by atoms with Gasteiger partial charge in [-0.05, 0) is 25.0 Å². The molecule has 2 atom stereocenters. The number of nitriles is 1. The Hall–Kier alpha value is -3.93. The fourth-order valence-corrected chi connectivity index (χ4v) is 3.91. The minimum absolute atomic E-state index is 0.0914. The molecule has 3 aromatic rings. The first kappa shape index (κ1) is 20.3. The number of likely N-dealkylation sites (tertiary alicyclic amines) is 1. The van der Waals surface area contributed by atoms with E-state index in [1.807, 2.05) is 44.3 Å². The smallest absolute Gasteiger partial charge is 0.252 e. The van der Waals surface area contributed by atoms with E-state index in [0.29, 0.717) is 24.3 Å². The average molecular weight is 417 g/mol. The van der Waals surface area contributed by atoms with Gasteiger partial charge in [0.2, 0.25) is 5.91 Å². The maximum Gasteiger partial charge on any atom is 0.252 e. The molecule has 0 unspecified atom stereocenters. The Kier molecular flexibility index (Phi) is 5.29. The highest BCUT2D eigenvalue weighted by Gasteiger charge is 2.33. The molecular weight excluding hydrogens is 394 g/mol. The normalized spacial score (nSPS) is 18.2. The third-order valence-electron chi connectivity index (χ3n) is 5.67. The van der Waals surface area contributed by atoms with Gasteiger partial charge in [-0.1, -0.05) is 13.0 Å². The van der Waals surface area contributed by atoms with Crippen molar-refractivity contribution in [3.63, 3.8) is 0 Å². The molecule has 9 nitrogen and oxygen atoms in total. The number of nitrogens with zero attached hydrogens (tertiary/aromatic N) is 5. The number of fused-ring (bicyclic) bond motifs is 1. The van der Waals surface area contributed by atoms with Crippen molar-refractivity contribution in [1.29, 1.82) is 5.26 Å². The lowest BCUT2D eigenvalue weighted by atomic mass is 10.1. The van der Waals surface area contributed by atoms with Crippen LogP contribution in [0, 0.1) is 24.2 Å². The summed E-state index contributed by atoms with van der Waals surface area (Å²) in [6.45, 7) is 4.95. The lowest BCUT2D eigenvalue weighted by molar-refractivity contribution is -0.129. The molecule has 4 rings (SSSR count). The van der Waals surface area contributed by atoms with Crippen LogP contribution < -0.4 is 11.1 Å². The number of rotatable bonds is 5. The van der Waals surface area contributed by atoms with Crippen molar-refractivity contribution in [2.45, 2.75) is 26.3 Å². The van der Waals surface area contributed by atoms with Crippen LogP contribution in [0.25, 0.3) is 16.6 Å². The molecule has 1 saturated heterocycles. The molecule has 31 heavy (non-hydrogen) atoms. The lowest BCUT2D eigenvalue weighted by Gasteiger charge is -2.20. The molecule has 0 bridgehead atoms. The molecule has 1 aliphatic heterocycles. The first-order valence-corrected chi connectivity index (χ1v) is 10.0. The van der Waals surface area contributed by atoms with E-state index in [-0.39, 0.29) is 29.9 Å². The number of primary amides is 1. The minimum atomic E-state index is -0.583. The van der Waals surface area contributed by atoms with Crippen molar-refractivity contribution in [1.82, 2.24) is 19.5 Å². The summed E-state index contributed by atoms with van der Waals surface area (Å²) in [6.07, 6.45) is 4.98. The van der Waals surface area contributed by atoms with Crippen molar-refractivity contribution >= 4 is 23.0 Å². The molecule has 4 heterocycles. The van der Waals surface area contributed by atoms with Gasteiger partial charge in [0.25, 0.3) is 5.91 Å². The zero-order valence-electron chi connectivity index (χ0n) is 17.4. The summed E-state index contributed by atoms with van der Waals surface area (Å²) < 4.78 is 1.70. The molecule has 3 N–H and O–H groups in total. The van der Waals surface area contributed by atoms with E-state index >= 15 is 0 Å². The number of amides is 2. The second kappa shape index (κ2) is 8.07. The Labute approximate surface area is 179 Å². The number of aromatic nitrogens is 3. The maximum absolute atomic E-state index is 12.1. The Morgan fingerprint density at radius 1 is 1.29 bits per heavy atom. The Bertz CT molecular complexity index is 1190. The van der Waals surface area contributed by atoms with Gasteiger partial charge in [-0.2, -0.15) is 10.4 Å². The summed E-state index contributed by atoms with van der Waals surface area (Å²) in [6, 6.07) is 7.67. The summed E-state index contributed by atoms with van der Waals surface area (Å²) in [7, 11) is 0. The number of nitrogens with one attached hydrogen (secondary N) is 1. The number of nitrogens with two attached hydrogens (primary N) is 1. The van der Waals surface area contributed by atoms with Gasteiger partial charge in [0.1, 0.15) is 6.42 Å². The van der Waals surface area contributed by atoms with E-state index in [9.17, 15) is 9.59 Å². The summed E-state index contributed by atoms with van der Waals surface area (Å²) in [5.41, 5.74) is 9.98. The molecule has 0 aliphatic carbocycles. The van der Waals surface area contributed by atoms with Gasteiger partial charge in [0.15, 0.2) is 0 Å². The van der Waals surface area contributed by atoms with E-state index in [1.165, 1.54) is 6.20 Å². The fraction of sp³-hybridized carbons (Fsp3) is 0.318. The second-order valence-corrected chi connectivity index (χ2v) is 7.91. The molecule has 0 radical (unpaired) electrons. The van der Waals surface area contributed by atoms with Gasteiger partial charge in [0, 0.05) is 48.3 Å². The standard InChI is InChI=1S/C22H23N7O2/c1-13-10-28(20(30)5-6-23)12-18(13)27-21-17(22(24)31)9-26-29-11-16(7-19(21)29)15-4-3-14(2)25-8-15/h3-4,7-9,11,13,18,27H,5,10,12H2,1-2H3,(H2,24,31)/t13-,18+/m0/s1. The third kappa shape index (κ3) is 3.92. The highest BCUT2D eigenvalue weighted by molar-refractivity contribution is 6.02. The van der Waals surface area contributed by atoms with Crippen molar-refractivity contribution in [3.05, 3.63) is 48.0 Å². The van der Waals surface area contributed by atoms with E-state index in [1.54, 1.807) is 15.6 Å². The first-order valence-electron chi connectivity index (χ1n) is 10.0. The van der Waals surface area contributed by atoms with Crippen molar-refractivity contribution < 1.29 is 9.59 Å². The summed E-state index contributed by atoms with van der Waals surface area (Å²) >= 11 is 0. The highest BCUT2D eigenvalue weighted by atomic mass is 16.2. The number of carbonyl (C=O) groups is 2. The number of aryl methyl sites for hydroxylation is 1. The summed E-state index contributed by atoms with van der Waals surface area (Å²) in [4.78, 5) is 30.3. The van der Waals surface area contributed by atoms with Crippen LogP contribution in [-0.4, -0.2) is 50.4 Å². The maximum atomic E-state index is 12.1. The summed E-state index contributed by atoms with van der Waals surface area (Å²) in [5.74, 6) is -0.641. The van der Waals surface area contributed by atoms with Crippen LogP contribution in [0.4, 0.5) is 5.69 Å². The topological polar surface area (TPSA) is 129 Å². The van der Waals surface area contributed by atoms with Crippen LogP contribution in [0.5, 0.6) is 0 Å². The van der Waals surface area contributed by atoms with E-state index in [4.69, 9.17) is 11.0 Å². The third-order valence-corrected chi connectivity index (χ3v) is 5.67. The Balaban J connectivity index is 1.71. The predicted molar refractivity (Wildman–Crippen MR) is 115 cm³/mol. The van der Waals surface area contributed by atoms with Crippen LogP contribution >= 0.6 is 0 Å². The first-order chi connectivity index (χ1) is 14.9. The number of pyridine rings is 1. The largest absolute Gasteiger partial charge is 0.378 e. The number of hydrogen-bond acceptors (Lipinski definition) is 6.